The van der Waals surface area contributed by atoms with Gasteiger partial charge in [0.2, 0.25) is 0 Å². The van der Waals surface area contributed by atoms with Crippen LogP contribution >= 0.6 is 0 Å². The monoisotopic (exact) mass is 364 g/mol. The molecule has 3 aromatic rings. The van der Waals surface area contributed by atoms with Gasteiger partial charge in [-0.05, 0) is 17.7 Å². The molecule has 1 N–H and O–H groups in total. The second kappa shape index (κ2) is 8.14. The molecule has 138 valence electrons. The number of anilines is 2. The summed E-state index contributed by atoms with van der Waals surface area (Å²) in [6.07, 6.45) is 0. The van der Waals surface area contributed by atoms with Gasteiger partial charge in [0.15, 0.2) is 5.82 Å². The lowest BCUT2D eigenvalue weighted by atomic mass is 10.2. The van der Waals surface area contributed by atoms with Crippen LogP contribution < -0.4 is 10.2 Å². The van der Waals surface area contributed by atoms with Crippen molar-refractivity contribution in [3.8, 4) is 11.4 Å². The maximum atomic E-state index is 13.1. The van der Waals surface area contributed by atoms with E-state index in [4.69, 9.17) is 9.72 Å². The van der Waals surface area contributed by atoms with E-state index in [-0.39, 0.29) is 5.82 Å². The molecule has 1 aliphatic heterocycles. The van der Waals surface area contributed by atoms with Gasteiger partial charge in [0, 0.05) is 31.3 Å². The largest absolute Gasteiger partial charge is 0.378 e. The minimum Gasteiger partial charge on any atom is -0.378 e. The Bertz CT molecular complexity index is 880. The SMILES string of the molecule is Fc1ccc(CNc2cc(N3CCOCC3)nc(-c3ccccc3)n2)cc1. The molecule has 1 saturated heterocycles. The van der Waals surface area contributed by atoms with E-state index in [1.807, 2.05) is 36.4 Å². The normalized spacial score (nSPS) is 14.2. The number of benzene rings is 2. The number of nitrogens with zero attached hydrogens (tertiary/aromatic N) is 3. The van der Waals surface area contributed by atoms with E-state index in [1.54, 1.807) is 12.1 Å². The fourth-order valence-electron chi connectivity index (χ4n) is 2.99. The molecule has 5 nitrogen and oxygen atoms in total. The molecule has 0 spiro atoms. The van der Waals surface area contributed by atoms with Gasteiger partial charge in [-0.1, -0.05) is 42.5 Å². The summed E-state index contributed by atoms with van der Waals surface area (Å²) < 4.78 is 18.5. The van der Waals surface area contributed by atoms with Crippen LogP contribution in [0.3, 0.4) is 0 Å². The fourth-order valence-corrected chi connectivity index (χ4v) is 2.99. The first-order chi connectivity index (χ1) is 13.3. The Morgan fingerprint density at radius 2 is 1.70 bits per heavy atom. The van der Waals surface area contributed by atoms with Gasteiger partial charge in [-0.25, -0.2) is 14.4 Å². The first-order valence-electron chi connectivity index (χ1n) is 9.03. The Hall–Kier alpha value is -2.99. The summed E-state index contributed by atoms with van der Waals surface area (Å²) in [5, 5.41) is 3.34. The molecular formula is C21H21FN4O. The van der Waals surface area contributed by atoms with E-state index in [0.717, 1.165) is 35.9 Å². The third kappa shape index (κ3) is 4.41. The molecule has 6 heteroatoms. The minimum atomic E-state index is -0.234. The van der Waals surface area contributed by atoms with Crippen LogP contribution in [0.4, 0.5) is 16.0 Å². The van der Waals surface area contributed by atoms with Crippen LogP contribution in [0.15, 0.2) is 60.7 Å². The topological polar surface area (TPSA) is 50.3 Å². The number of aromatic nitrogens is 2. The molecule has 1 aliphatic rings. The average molecular weight is 364 g/mol. The van der Waals surface area contributed by atoms with Crippen LogP contribution in [0.5, 0.6) is 0 Å². The summed E-state index contributed by atoms with van der Waals surface area (Å²) >= 11 is 0. The van der Waals surface area contributed by atoms with Crippen molar-refractivity contribution in [2.24, 2.45) is 0 Å². The van der Waals surface area contributed by atoms with Gasteiger partial charge in [0.25, 0.3) is 0 Å². The molecule has 0 unspecified atom stereocenters. The van der Waals surface area contributed by atoms with Crippen molar-refractivity contribution in [3.63, 3.8) is 0 Å². The van der Waals surface area contributed by atoms with Crippen molar-refractivity contribution in [2.45, 2.75) is 6.54 Å². The highest BCUT2D eigenvalue weighted by Crippen LogP contribution is 2.23. The minimum absolute atomic E-state index is 0.234. The number of rotatable bonds is 5. The van der Waals surface area contributed by atoms with E-state index in [1.165, 1.54) is 12.1 Å². The lowest BCUT2D eigenvalue weighted by molar-refractivity contribution is 0.122. The molecule has 0 radical (unpaired) electrons. The fraction of sp³-hybridized carbons (Fsp3) is 0.238. The first kappa shape index (κ1) is 17.4. The molecule has 0 amide bonds. The Morgan fingerprint density at radius 1 is 0.963 bits per heavy atom. The van der Waals surface area contributed by atoms with Crippen molar-refractivity contribution in [3.05, 3.63) is 72.0 Å². The number of hydrogen-bond donors (Lipinski definition) is 1. The van der Waals surface area contributed by atoms with E-state index in [2.05, 4.69) is 15.2 Å². The Labute approximate surface area is 157 Å². The van der Waals surface area contributed by atoms with Crippen LogP contribution in [-0.2, 0) is 11.3 Å². The predicted octanol–water partition coefficient (Wildman–Crippen LogP) is 3.73. The zero-order chi connectivity index (χ0) is 18.5. The van der Waals surface area contributed by atoms with Gasteiger partial charge in [0.1, 0.15) is 17.5 Å². The smallest absolute Gasteiger partial charge is 0.163 e. The van der Waals surface area contributed by atoms with Gasteiger partial charge < -0.3 is 15.0 Å². The standard InChI is InChI=1S/C21H21FN4O/c22-18-8-6-16(7-9-18)15-23-19-14-20(26-10-12-27-13-11-26)25-21(24-19)17-4-2-1-3-5-17/h1-9,14H,10-13,15H2,(H,23,24,25). The molecule has 27 heavy (non-hydrogen) atoms. The van der Waals surface area contributed by atoms with Crippen molar-refractivity contribution in [1.82, 2.24) is 9.97 Å². The summed E-state index contributed by atoms with van der Waals surface area (Å²) in [4.78, 5) is 11.6. The molecule has 1 aromatic heterocycles. The number of halogens is 1. The highest BCUT2D eigenvalue weighted by atomic mass is 19.1. The molecular weight excluding hydrogens is 343 g/mol. The highest BCUT2D eigenvalue weighted by molar-refractivity contribution is 5.61. The maximum Gasteiger partial charge on any atom is 0.163 e. The van der Waals surface area contributed by atoms with Crippen molar-refractivity contribution >= 4 is 11.6 Å². The lowest BCUT2D eigenvalue weighted by Gasteiger charge is -2.28. The molecule has 2 aromatic carbocycles. The van der Waals surface area contributed by atoms with Gasteiger partial charge in [-0.3, -0.25) is 0 Å². The third-order valence-corrected chi connectivity index (χ3v) is 4.47. The molecule has 4 rings (SSSR count). The molecule has 0 bridgehead atoms. The Balaban J connectivity index is 1.61. The van der Waals surface area contributed by atoms with Gasteiger partial charge in [-0.15, -0.1) is 0 Å². The van der Waals surface area contributed by atoms with Crippen LogP contribution in [0, 0.1) is 5.82 Å². The van der Waals surface area contributed by atoms with E-state index < -0.39 is 0 Å². The highest BCUT2D eigenvalue weighted by Gasteiger charge is 2.15. The quantitative estimate of drug-likeness (QED) is 0.748. The average Bonchev–Trinajstić information content (AvgIpc) is 2.74. The van der Waals surface area contributed by atoms with Crippen LogP contribution in [-0.4, -0.2) is 36.3 Å². The summed E-state index contributed by atoms with van der Waals surface area (Å²) in [6.45, 7) is 3.57. The van der Waals surface area contributed by atoms with Gasteiger partial charge >= 0.3 is 0 Å². The molecule has 0 saturated carbocycles. The van der Waals surface area contributed by atoms with Crippen molar-refractivity contribution in [2.75, 3.05) is 36.5 Å². The van der Waals surface area contributed by atoms with Crippen molar-refractivity contribution in [1.29, 1.82) is 0 Å². The summed E-state index contributed by atoms with van der Waals surface area (Å²) in [5.41, 5.74) is 1.96. The summed E-state index contributed by atoms with van der Waals surface area (Å²) in [6, 6.07) is 18.4. The zero-order valence-electron chi connectivity index (χ0n) is 14.9. The third-order valence-electron chi connectivity index (χ3n) is 4.47. The molecule has 2 heterocycles. The molecule has 1 fully saturated rings. The maximum absolute atomic E-state index is 13.1. The predicted molar refractivity (Wildman–Crippen MR) is 104 cm³/mol. The van der Waals surface area contributed by atoms with Crippen LogP contribution in [0.1, 0.15) is 5.56 Å². The number of morpholine rings is 1. The van der Waals surface area contributed by atoms with E-state index in [9.17, 15) is 4.39 Å². The van der Waals surface area contributed by atoms with Gasteiger partial charge in [0.05, 0.1) is 13.2 Å². The summed E-state index contributed by atoms with van der Waals surface area (Å²) in [7, 11) is 0. The number of nitrogens with one attached hydrogen (secondary N) is 1. The van der Waals surface area contributed by atoms with Crippen molar-refractivity contribution < 1.29 is 9.13 Å². The van der Waals surface area contributed by atoms with E-state index >= 15 is 0 Å². The number of hydrogen-bond acceptors (Lipinski definition) is 5. The number of ether oxygens (including phenoxy) is 1. The second-order valence-corrected chi connectivity index (χ2v) is 6.38. The lowest BCUT2D eigenvalue weighted by Crippen LogP contribution is -2.36. The van der Waals surface area contributed by atoms with Crippen LogP contribution in [0.25, 0.3) is 11.4 Å². The van der Waals surface area contributed by atoms with E-state index in [0.29, 0.717) is 25.6 Å². The summed E-state index contributed by atoms with van der Waals surface area (Å²) in [5.74, 6) is 2.08. The van der Waals surface area contributed by atoms with Crippen LogP contribution in [0.2, 0.25) is 0 Å². The Kier molecular flexibility index (Phi) is 5.25. The Morgan fingerprint density at radius 3 is 2.44 bits per heavy atom. The zero-order valence-corrected chi connectivity index (χ0v) is 14.9. The van der Waals surface area contributed by atoms with Gasteiger partial charge in [-0.2, -0.15) is 0 Å². The molecule has 0 atom stereocenters. The second-order valence-electron chi connectivity index (χ2n) is 6.38. The molecule has 0 aliphatic carbocycles. The first-order valence-corrected chi connectivity index (χ1v) is 9.03.